The van der Waals surface area contributed by atoms with E-state index in [1.807, 2.05) is 29.2 Å². The first-order valence-electron chi connectivity index (χ1n) is 9.50. The topological polar surface area (TPSA) is 61.9 Å². The Kier molecular flexibility index (Phi) is 6.14. The fraction of sp³-hybridized carbons (Fsp3) is 0.600. The highest BCUT2D eigenvalue weighted by atomic mass is 16.5. The Morgan fingerprint density at radius 2 is 1.85 bits per heavy atom. The molecular weight excluding hydrogens is 330 g/mol. The molecule has 0 bridgehead atoms. The number of anilines is 1. The summed E-state index contributed by atoms with van der Waals surface area (Å²) in [5, 5.41) is 2.66. The van der Waals surface area contributed by atoms with Gasteiger partial charge in [0.15, 0.2) is 0 Å². The van der Waals surface area contributed by atoms with E-state index in [4.69, 9.17) is 4.74 Å². The third kappa shape index (κ3) is 4.18. The predicted molar refractivity (Wildman–Crippen MR) is 101 cm³/mol. The number of likely N-dealkylation sites (tertiary alicyclic amines) is 1. The van der Waals surface area contributed by atoms with Crippen molar-refractivity contribution in [2.75, 3.05) is 45.2 Å². The van der Waals surface area contributed by atoms with Gasteiger partial charge in [-0.25, -0.2) is 0 Å². The number of nitrogens with one attached hydrogen (secondary N) is 1. The number of hydrogen-bond donors (Lipinski definition) is 1. The van der Waals surface area contributed by atoms with Crippen molar-refractivity contribution in [2.45, 2.75) is 31.8 Å². The first-order chi connectivity index (χ1) is 12.6. The third-order valence-electron chi connectivity index (χ3n) is 5.57. The van der Waals surface area contributed by atoms with Gasteiger partial charge >= 0.3 is 0 Å². The Morgan fingerprint density at radius 1 is 1.15 bits per heavy atom. The van der Waals surface area contributed by atoms with Crippen LogP contribution in [0.5, 0.6) is 0 Å². The van der Waals surface area contributed by atoms with Gasteiger partial charge in [0, 0.05) is 63.9 Å². The molecular formula is C20H29N3O3. The first-order valence-corrected chi connectivity index (χ1v) is 9.50. The molecule has 0 aliphatic carbocycles. The molecule has 1 N–H and O–H groups in total. The SMILES string of the molecule is CNC(=O)C[C@@H]1CN(C(=O)c2ccc(N3CCCC3)cc2)CC[C@H]1OC. The molecule has 0 spiro atoms. The van der Waals surface area contributed by atoms with Gasteiger partial charge < -0.3 is 19.9 Å². The monoisotopic (exact) mass is 359 g/mol. The van der Waals surface area contributed by atoms with E-state index >= 15 is 0 Å². The number of piperidine rings is 1. The average molecular weight is 359 g/mol. The van der Waals surface area contributed by atoms with Crippen LogP contribution in [0, 0.1) is 5.92 Å². The molecule has 0 aromatic heterocycles. The number of hydrogen-bond acceptors (Lipinski definition) is 4. The summed E-state index contributed by atoms with van der Waals surface area (Å²) in [4.78, 5) is 28.9. The van der Waals surface area contributed by atoms with Crippen molar-refractivity contribution in [3.63, 3.8) is 0 Å². The average Bonchev–Trinajstić information content (AvgIpc) is 3.22. The number of ether oxygens (including phenoxy) is 1. The van der Waals surface area contributed by atoms with E-state index in [1.54, 1.807) is 14.2 Å². The van der Waals surface area contributed by atoms with Gasteiger partial charge in [-0.1, -0.05) is 0 Å². The number of carbonyl (C=O) groups is 2. The van der Waals surface area contributed by atoms with Crippen LogP contribution in [-0.4, -0.2) is 63.2 Å². The molecule has 2 atom stereocenters. The summed E-state index contributed by atoms with van der Waals surface area (Å²) < 4.78 is 5.53. The van der Waals surface area contributed by atoms with Gasteiger partial charge in [0.1, 0.15) is 0 Å². The molecule has 2 fully saturated rings. The number of methoxy groups -OCH3 is 1. The molecule has 1 aromatic carbocycles. The highest BCUT2D eigenvalue weighted by molar-refractivity contribution is 5.94. The predicted octanol–water partition coefficient (Wildman–Crippen LogP) is 1.90. The van der Waals surface area contributed by atoms with Crippen molar-refractivity contribution < 1.29 is 14.3 Å². The van der Waals surface area contributed by atoms with Gasteiger partial charge in [0.05, 0.1) is 6.10 Å². The summed E-state index contributed by atoms with van der Waals surface area (Å²) in [5.74, 6) is 0.0530. The maximum atomic E-state index is 12.9. The number of benzene rings is 1. The first kappa shape index (κ1) is 18.7. The summed E-state index contributed by atoms with van der Waals surface area (Å²) >= 11 is 0. The van der Waals surface area contributed by atoms with E-state index in [0.29, 0.717) is 25.1 Å². The standard InChI is InChI=1S/C20H29N3O3/c1-21-19(24)13-16-14-23(12-9-18(16)26-2)20(25)15-5-7-17(8-6-15)22-10-3-4-11-22/h5-8,16,18H,3-4,9-14H2,1-2H3,(H,21,24)/t16-,18-/m1/s1. The maximum absolute atomic E-state index is 12.9. The lowest BCUT2D eigenvalue weighted by Crippen LogP contribution is -2.47. The lowest BCUT2D eigenvalue weighted by Gasteiger charge is -2.37. The van der Waals surface area contributed by atoms with Crippen LogP contribution >= 0.6 is 0 Å². The molecule has 6 heteroatoms. The number of rotatable bonds is 5. The van der Waals surface area contributed by atoms with E-state index in [1.165, 1.54) is 18.5 Å². The molecule has 2 aliphatic heterocycles. The quantitative estimate of drug-likeness (QED) is 0.872. The zero-order valence-corrected chi connectivity index (χ0v) is 15.7. The van der Waals surface area contributed by atoms with Crippen LogP contribution in [0.1, 0.15) is 36.0 Å². The van der Waals surface area contributed by atoms with E-state index in [2.05, 4.69) is 10.2 Å². The minimum Gasteiger partial charge on any atom is -0.381 e. The summed E-state index contributed by atoms with van der Waals surface area (Å²) in [6, 6.07) is 7.93. The van der Waals surface area contributed by atoms with E-state index in [9.17, 15) is 9.59 Å². The smallest absolute Gasteiger partial charge is 0.253 e. The Hall–Kier alpha value is -2.08. The Labute approximate surface area is 155 Å². The van der Waals surface area contributed by atoms with E-state index < -0.39 is 0 Å². The van der Waals surface area contributed by atoms with Crippen LogP contribution in [0.3, 0.4) is 0 Å². The largest absolute Gasteiger partial charge is 0.381 e. The lowest BCUT2D eigenvalue weighted by molar-refractivity contribution is -0.123. The molecule has 0 saturated carbocycles. The van der Waals surface area contributed by atoms with Crippen molar-refractivity contribution in [1.82, 2.24) is 10.2 Å². The second-order valence-corrected chi connectivity index (χ2v) is 7.19. The minimum atomic E-state index is -0.0127. The van der Waals surface area contributed by atoms with Crippen molar-refractivity contribution in [1.29, 1.82) is 0 Å². The Balaban J connectivity index is 1.65. The molecule has 2 amide bonds. The second kappa shape index (κ2) is 8.54. The Bertz CT molecular complexity index is 626. The fourth-order valence-electron chi connectivity index (χ4n) is 4.01. The van der Waals surface area contributed by atoms with Crippen molar-refractivity contribution in [3.8, 4) is 0 Å². The Morgan fingerprint density at radius 3 is 2.46 bits per heavy atom. The van der Waals surface area contributed by atoms with Gasteiger partial charge in [0.2, 0.25) is 5.91 Å². The van der Waals surface area contributed by atoms with Gasteiger partial charge in [-0.05, 0) is 43.5 Å². The van der Waals surface area contributed by atoms with Gasteiger partial charge in [-0.2, -0.15) is 0 Å². The van der Waals surface area contributed by atoms with Crippen LogP contribution in [0.2, 0.25) is 0 Å². The molecule has 3 rings (SSSR count). The number of carbonyl (C=O) groups excluding carboxylic acids is 2. The van der Waals surface area contributed by atoms with Crippen LogP contribution in [0.15, 0.2) is 24.3 Å². The van der Waals surface area contributed by atoms with Crippen LogP contribution in [-0.2, 0) is 9.53 Å². The molecule has 142 valence electrons. The van der Waals surface area contributed by atoms with Crippen LogP contribution < -0.4 is 10.2 Å². The minimum absolute atomic E-state index is 0.0127. The van der Waals surface area contributed by atoms with E-state index in [0.717, 1.165) is 19.5 Å². The summed E-state index contributed by atoms with van der Waals surface area (Å²) in [7, 11) is 3.31. The molecule has 2 saturated heterocycles. The second-order valence-electron chi connectivity index (χ2n) is 7.19. The third-order valence-corrected chi connectivity index (χ3v) is 5.57. The fourth-order valence-corrected chi connectivity index (χ4v) is 4.01. The van der Waals surface area contributed by atoms with Gasteiger partial charge in [0.25, 0.3) is 5.91 Å². The zero-order valence-electron chi connectivity index (χ0n) is 15.7. The highest BCUT2D eigenvalue weighted by Crippen LogP contribution is 2.25. The molecule has 0 radical (unpaired) electrons. The van der Waals surface area contributed by atoms with Gasteiger partial charge in [-0.15, -0.1) is 0 Å². The maximum Gasteiger partial charge on any atom is 0.253 e. The van der Waals surface area contributed by atoms with Crippen LogP contribution in [0.25, 0.3) is 0 Å². The molecule has 2 aliphatic rings. The zero-order chi connectivity index (χ0) is 18.5. The van der Waals surface area contributed by atoms with E-state index in [-0.39, 0.29) is 23.8 Å². The molecule has 6 nitrogen and oxygen atoms in total. The molecule has 0 unspecified atom stereocenters. The van der Waals surface area contributed by atoms with Crippen molar-refractivity contribution in [2.24, 2.45) is 5.92 Å². The van der Waals surface area contributed by atoms with Crippen molar-refractivity contribution >= 4 is 17.5 Å². The normalized spacial score (nSPS) is 23.2. The summed E-state index contributed by atoms with van der Waals surface area (Å²) in [5.41, 5.74) is 1.90. The van der Waals surface area contributed by atoms with Gasteiger partial charge in [-0.3, -0.25) is 9.59 Å². The number of amides is 2. The van der Waals surface area contributed by atoms with Crippen molar-refractivity contribution in [3.05, 3.63) is 29.8 Å². The lowest BCUT2D eigenvalue weighted by atomic mass is 9.90. The molecule has 1 aromatic rings. The van der Waals surface area contributed by atoms with Crippen LogP contribution in [0.4, 0.5) is 5.69 Å². The molecule has 26 heavy (non-hydrogen) atoms. The summed E-state index contributed by atoms with van der Waals surface area (Å²) in [6.07, 6.45) is 3.64. The molecule has 2 heterocycles. The number of nitrogens with zero attached hydrogens (tertiary/aromatic N) is 2. The highest BCUT2D eigenvalue weighted by Gasteiger charge is 2.33. The summed E-state index contributed by atoms with van der Waals surface area (Å²) in [6.45, 7) is 3.41.